The van der Waals surface area contributed by atoms with Crippen molar-refractivity contribution < 1.29 is 26.6 Å². The van der Waals surface area contributed by atoms with E-state index in [0.717, 1.165) is 11.6 Å². The first kappa shape index (κ1) is 21.1. The van der Waals surface area contributed by atoms with Crippen LogP contribution in [0.4, 0.5) is 17.3 Å². The highest BCUT2D eigenvalue weighted by Crippen LogP contribution is 2.06. The van der Waals surface area contributed by atoms with Crippen molar-refractivity contribution in [1.29, 1.82) is 0 Å². The number of hydrogen-bond donors (Lipinski definition) is 3. The van der Waals surface area contributed by atoms with Gasteiger partial charge in [0, 0.05) is 31.2 Å². The van der Waals surface area contributed by atoms with Crippen molar-refractivity contribution in [1.82, 2.24) is 19.6 Å². The Labute approximate surface area is 140 Å². The molecule has 0 aliphatic rings. The summed E-state index contributed by atoms with van der Waals surface area (Å²) in [4.78, 5) is 0. The number of halogens is 4. The van der Waals surface area contributed by atoms with E-state index in [1.807, 2.05) is 20.9 Å². The summed E-state index contributed by atoms with van der Waals surface area (Å²) in [6.45, 7) is 3.73. The van der Waals surface area contributed by atoms with Crippen LogP contribution in [0.2, 0.25) is 0 Å². The third-order valence-corrected chi connectivity index (χ3v) is 3.14. The van der Waals surface area contributed by atoms with E-state index >= 15 is 0 Å². The molecule has 0 aromatic carbocycles. The summed E-state index contributed by atoms with van der Waals surface area (Å²) in [5.41, 5.74) is 0. The van der Waals surface area contributed by atoms with Crippen molar-refractivity contribution in [2.24, 2.45) is 14.1 Å². The normalized spacial score (nSPS) is 10.4. The molecule has 0 fully saturated rings. The summed E-state index contributed by atoms with van der Waals surface area (Å²) in [5, 5.41) is 7.14. The van der Waals surface area contributed by atoms with Gasteiger partial charge in [-0.2, -0.15) is 9.36 Å². The van der Waals surface area contributed by atoms with Gasteiger partial charge in [-0.25, -0.2) is 0 Å². The van der Waals surface area contributed by atoms with E-state index in [1.54, 1.807) is 16.4 Å². The number of nitrogen functional groups attached to an aromatic ring is 2. The number of nitrogens with one attached hydrogen (secondary N) is 1. The van der Waals surface area contributed by atoms with Crippen LogP contribution in [0, 0.1) is 18.6 Å². The molecule has 0 spiro atoms. The molecular formula is C8H17BF4N8S2. The molecule has 0 saturated heterocycles. The van der Waals surface area contributed by atoms with E-state index < -0.39 is 7.25 Å². The summed E-state index contributed by atoms with van der Waals surface area (Å²) in [6, 6.07) is 0. The predicted octanol–water partition coefficient (Wildman–Crippen LogP) is -0.672. The zero-order valence-corrected chi connectivity index (χ0v) is 14.4. The van der Waals surface area contributed by atoms with Crippen molar-refractivity contribution in [2.75, 3.05) is 11.7 Å². The lowest BCUT2D eigenvalue weighted by Gasteiger charge is -1.94. The molecule has 2 aromatic heterocycles. The summed E-state index contributed by atoms with van der Waals surface area (Å²) in [5.74, 6) is 12.6. The Hall–Kier alpha value is -1.90. The highest BCUT2D eigenvalue weighted by Gasteiger charge is 2.20. The Morgan fingerprint density at radius 1 is 1.13 bits per heavy atom. The van der Waals surface area contributed by atoms with Gasteiger partial charge in [0.15, 0.2) is 5.16 Å². The second-order valence-corrected chi connectivity index (χ2v) is 4.96. The molecule has 2 heterocycles. The number of aryl methyl sites for hydroxylation is 2. The molecule has 0 atom stereocenters. The Morgan fingerprint density at radius 2 is 1.57 bits per heavy atom. The minimum absolute atomic E-state index is 0.412. The van der Waals surface area contributed by atoms with E-state index in [0.29, 0.717) is 9.93 Å². The minimum atomic E-state index is -6.00. The SMILES string of the molecule is Cc1n(C)[nH]c(=S)[n+]1N.Cc1n(C)nc([S-])[n+]1N.F[B-](F)(F)F. The maximum atomic E-state index is 9.75. The molecule has 0 unspecified atom stereocenters. The van der Waals surface area contributed by atoms with Crippen molar-refractivity contribution >= 4 is 32.1 Å². The molecule has 2 rings (SSSR count). The van der Waals surface area contributed by atoms with Gasteiger partial charge in [0.25, 0.3) is 11.6 Å². The quantitative estimate of drug-likeness (QED) is 0.142. The van der Waals surface area contributed by atoms with Gasteiger partial charge in [0.1, 0.15) is 0 Å². The van der Waals surface area contributed by atoms with Crippen LogP contribution in [-0.2, 0) is 26.7 Å². The smallest absolute Gasteiger partial charge is 0.673 e. The predicted molar refractivity (Wildman–Crippen MR) is 79.8 cm³/mol. The fraction of sp³-hybridized carbons (Fsp3) is 0.500. The molecule has 0 aliphatic heterocycles. The van der Waals surface area contributed by atoms with Crippen molar-refractivity contribution in [3.05, 3.63) is 16.4 Å². The summed E-state index contributed by atoms with van der Waals surface area (Å²) in [7, 11) is -2.34. The van der Waals surface area contributed by atoms with Crippen LogP contribution in [-0.4, -0.2) is 26.8 Å². The second kappa shape index (κ2) is 8.10. The Kier molecular flexibility index (Phi) is 7.43. The van der Waals surface area contributed by atoms with Crippen molar-refractivity contribution in [3.63, 3.8) is 0 Å². The van der Waals surface area contributed by atoms with Crippen LogP contribution >= 0.6 is 12.2 Å². The first-order valence-corrected chi connectivity index (χ1v) is 6.75. The van der Waals surface area contributed by atoms with Gasteiger partial charge < -0.3 is 29.9 Å². The molecule has 132 valence electrons. The number of nitrogens with zero attached hydrogens (tertiary/aromatic N) is 5. The van der Waals surface area contributed by atoms with Crippen LogP contribution in [0.1, 0.15) is 11.6 Å². The van der Waals surface area contributed by atoms with E-state index in [2.05, 4.69) is 10.2 Å². The van der Waals surface area contributed by atoms with Gasteiger partial charge in [0.2, 0.25) is 0 Å². The van der Waals surface area contributed by atoms with Crippen molar-refractivity contribution in [2.45, 2.75) is 19.0 Å². The maximum Gasteiger partial charge on any atom is 0.673 e. The van der Waals surface area contributed by atoms with Crippen LogP contribution < -0.4 is 21.0 Å². The molecular weight excluding hydrogens is 359 g/mol. The molecule has 0 bridgehead atoms. The number of aromatic amines is 1. The van der Waals surface area contributed by atoms with Crippen LogP contribution in [0.15, 0.2) is 5.16 Å². The lowest BCUT2D eigenvalue weighted by Crippen LogP contribution is -2.48. The third-order valence-electron chi connectivity index (χ3n) is 2.57. The molecule has 5 N–H and O–H groups in total. The third kappa shape index (κ3) is 7.27. The highest BCUT2D eigenvalue weighted by molar-refractivity contribution is 7.71. The van der Waals surface area contributed by atoms with E-state index in [9.17, 15) is 17.3 Å². The van der Waals surface area contributed by atoms with E-state index in [1.165, 1.54) is 9.35 Å². The van der Waals surface area contributed by atoms with Gasteiger partial charge in [0.05, 0.1) is 14.1 Å². The average Bonchev–Trinajstić information content (AvgIpc) is 2.74. The summed E-state index contributed by atoms with van der Waals surface area (Å²) in [6.07, 6.45) is 0. The molecule has 0 radical (unpaired) electrons. The number of hydrogen-bond acceptors (Lipinski definition) is 5. The van der Waals surface area contributed by atoms with Crippen LogP contribution in [0.25, 0.3) is 0 Å². The van der Waals surface area contributed by atoms with Crippen LogP contribution in [0.3, 0.4) is 0 Å². The zero-order valence-electron chi connectivity index (χ0n) is 12.8. The zero-order chi connectivity index (χ0) is 18.5. The van der Waals surface area contributed by atoms with Gasteiger partial charge in [-0.15, -0.1) is 14.5 Å². The van der Waals surface area contributed by atoms with Gasteiger partial charge >= 0.3 is 12.0 Å². The van der Waals surface area contributed by atoms with Crippen molar-refractivity contribution in [3.8, 4) is 0 Å². The lowest BCUT2D eigenvalue weighted by atomic mass is 10.3. The number of H-pyrrole nitrogens is 1. The Morgan fingerprint density at radius 3 is 1.65 bits per heavy atom. The fourth-order valence-electron chi connectivity index (χ4n) is 1.13. The van der Waals surface area contributed by atoms with Gasteiger partial charge in [-0.05, 0) is 0 Å². The summed E-state index contributed by atoms with van der Waals surface area (Å²) >= 11 is 9.59. The number of aromatic nitrogens is 6. The molecule has 0 amide bonds. The fourth-order valence-corrected chi connectivity index (χ4v) is 1.65. The maximum absolute atomic E-state index is 9.75. The Balaban J connectivity index is 0.000000332. The number of rotatable bonds is 0. The topological polar surface area (TPSA) is 98.3 Å². The van der Waals surface area contributed by atoms with Gasteiger partial charge in [-0.3, -0.25) is 11.7 Å². The molecule has 2 aromatic rings. The first-order valence-electron chi connectivity index (χ1n) is 5.93. The monoisotopic (exact) mass is 376 g/mol. The highest BCUT2D eigenvalue weighted by atomic mass is 32.1. The molecule has 0 saturated carbocycles. The Bertz CT molecular complexity index is 678. The number of nitrogens with two attached hydrogens (primary N) is 2. The lowest BCUT2D eigenvalue weighted by molar-refractivity contribution is -0.684. The molecule has 15 heteroatoms. The first-order chi connectivity index (χ1) is 10.3. The summed E-state index contributed by atoms with van der Waals surface area (Å²) < 4.78 is 45.7. The second-order valence-electron chi connectivity index (χ2n) is 4.21. The minimum Gasteiger partial charge on any atom is -0.701 e. The largest absolute Gasteiger partial charge is 0.701 e. The van der Waals surface area contributed by atoms with Crippen LogP contribution in [0.5, 0.6) is 0 Å². The molecule has 0 aliphatic carbocycles. The molecule has 23 heavy (non-hydrogen) atoms. The average molecular weight is 376 g/mol. The molecule has 8 nitrogen and oxygen atoms in total. The van der Waals surface area contributed by atoms with Gasteiger partial charge in [-0.1, -0.05) is 0 Å². The van der Waals surface area contributed by atoms with E-state index in [-0.39, 0.29) is 0 Å². The standard InChI is InChI=1S/2C4H8N4S.BF4/c2*1-3-7(2)6-4(9)8(3)5;2-1(3,4)5/h2*5H2,1-2H3;/q;;-1/p+1. The van der Waals surface area contributed by atoms with E-state index in [4.69, 9.17) is 36.5 Å².